The Morgan fingerprint density at radius 1 is 1.50 bits per heavy atom. The molecule has 1 atom stereocenters. The predicted molar refractivity (Wildman–Crippen MR) is 79.2 cm³/mol. The van der Waals surface area contributed by atoms with Gasteiger partial charge < -0.3 is 15.6 Å². The molecule has 1 heterocycles. The van der Waals surface area contributed by atoms with E-state index in [2.05, 4.69) is 10.3 Å². The second-order valence-corrected chi connectivity index (χ2v) is 4.89. The lowest BCUT2D eigenvalue weighted by molar-refractivity contribution is -0.122. The molecule has 20 heavy (non-hydrogen) atoms. The summed E-state index contributed by atoms with van der Waals surface area (Å²) in [5.41, 5.74) is 7.34. The van der Waals surface area contributed by atoms with E-state index >= 15 is 0 Å². The Morgan fingerprint density at radius 2 is 2.30 bits per heavy atom. The van der Waals surface area contributed by atoms with Crippen LogP contribution in [0.25, 0.3) is 0 Å². The number of benzene rings is 1. The summed E-state index contributed by atoms with van der Waals surface area (Å²) in [6.45, 7) is 2.46. The van der Waals surface area contributed by atoms with Crippen LogP contribution in [-0.4, -0.2) is 22.0 Å². The van der Waals surface area contributed by atoms with Crippen LogP contribution in [-0.2, 0) is 18.3 Å². The van der Waals surface area contributed by atoms with Gasteiger partial charge in [-0.05, 0) is 24.6 Å². The first-order valence-corrected chi connectivity index (χ1v) is 6.67. The molecular formula is C15H20N4O. The molecule has 0 bridgehead atoms. The third-order valence-corrected chi connectivity index (χ3v) is 3.37. The number of anilines is 1. The van der Waals surface area contributed by atoms with Crippen molar-refractivity contribution in [2.75, 3.05) is 12.3 Å². The molecule has 0 aliphatic carbocycles. The minimum Gasteiger partial charge on any atom is -0.399 e. The molecular weight excluding hydrogens is 252 g/mol. The van der Waals surface area contributed by atoms with Crippen LogP contribution in [0, 0.1) is 0 Å². The largest absolute Gasteiger partial charge is 0.399 e. The maximum absolute atomic E-state index is 12.1. The minimum absolute atomic E-state index is 0.00445. The number of hydrogen-bond donors (Lipinski definition) is 2. The second-order valence-electron chi connectivity index (χ2n) is 4.89. The Morgan fingerprint density at radius 3 is 2.95 bits per heavy atom. The van der Waals surface area contributed by atoms with Crippen LogP contribution < -0.4 is 11.1 Å². The summed E-state index contributed by atoms with van der Waals surface area (Å²) >= 11 is 0. The molecule has 1 amide bonds. The van der Waals surface area contributed by atoms with Crippen molar-refractivity contribution in [2.24, 2.45) is 7.05 Å². The normalized spacial score (nSPS) is 12.1. The van der Waals surface area contributed by atoms with Crippen LogP contribution in [0.2, 0.25) is 0 Å². The van der Waals surface area contributed by atoms with Crippen molar-refractivity contribution in [1.82, 2.24) is 14.9 Å². The van der Waals surface area contributed by atoms with Crippen LogP contribution in [0.15, 0.2) is 36.7 Å². The van der Waals surface area contributed by atoms with Gasteiger partial charge in [-0.2, -0.15) is 0 Å². The number of nitrogens with two attached hydrogens (primary N) is 1. The Hall–Kier alpha value is -2.30. The summed E-state index contributed by atoms with van der Waals surface area (Å²) < 4.78 is 1.95. The van der Waals surface area contributed by atoms with Crippen LogP contribution in [0.1, 0.15) is 24.2 Å². The van der Waals surface area contributed by atoms with E-state index < -0.39 is 0 Å². The first-order valence-electron chi connectivity index (χ1n) is 6.67. The number of imidazole rings is 1. The van der Waals surface area contributed by atoms with E-state index in [4.69, 9.17) is 5.73 Å². The first-order chi connectivity index (χ1) is 9.58. The number of nitrogens with one attached hydrogen (secondary N) is 1. The number of aromatic nitrogens is 2. The average Bonchev–Trinajstić information content (AvgIpc) is 2.83. The van der Waals surface area contributed by atoms with Crippen LogP contribution >= 0.6 is 0 Å². The molecule has 0 radical (unpaired) electrons. The van der Waals surface area contributed by atoms with Crippen molar-refractivity contribution in [3.63, 3.8) is 0 Å². The van der Waals surface area contributed by atoms with E-state index in [0.29, 0.717) is 12.2 Å². The number of hydrogen-bond acceptors (Lipinski definition) is 3. The molecule has 0 saturated heterocycles. The maximum atomic E-state index is 12.1. The highest BCUT2D eigenvalue weighted by atomic mass is 16.1. The van der Waals surface area contributed by atoms with Gasteiger partial charge in [0.25, 0.3) is 0 Å². The highest BCUT2D eigenvalue weighted by molar-refractivity contribution is 5.83. The SMILES string of the molecule is CC(C(=O)NCCc1nccn1C)c1cccc(N)c1. The zero-order chi connectivity index (χ0) is 14.5. The predicted octanol–water partition coefficient (Wildman–Crippen LogP) is 1.46. The highest BCUT2D eigenvalue weighted by Crippen LogP contribution is 2.17. The molecule has 1 aromatic carbocycles. The summed E-state index contributed by atoms with van der Waals surface area (Å²) in [6, 6.07) is 7.43. The van der Waals surface area contributed by atoms with Crippen LogP contribution in [0.3, 0.4) is 0 Å². The summed E-state index contributed by atoms with van der Waals surface area (Å²) in [4.78, 5) is 16.3. The molecule has 3 N–H and O–H groups in total. The Bertz CT molecular complexity index is 591. The first kappa shape index (κ1) is 14.1. The monoisotopic (exact) mass is 272 g/mol. The van der Waals surface area contributed by atoms with Crippen molar-refractivity contribution < 1.29 is 4.79 Å². The van der Waals surface area contributed by atoms with Gasteiger partial charge in [0.15, 0.2) is 0 Å². The van der Waals surface area contributed by atoms with Crippen LogP contribution in [0.4, 0.5) is 5.69 Å². The van der Waals surface area contributed by atoms with Gasteiger partial charge >= 0.3 is 0 Å². The fourth-order valence-electron chi connectivity index (χ4n) is 2.07. The Labute approximate surface area is 118 Å². The average molecular weight is 272 g/mol. The highest BCUT2D eigenvalue weighted by Gasteiger charge is 2.14. The molecule has 0 saturated carbocycles. The lowest BCUT2D eigenvalue weighted by Crippen LogP contribution is -2.30. The van der Waals surface area contributed by atoms with Gasteiger partial charge in [-0.3, -0.25) is 4.79 Å². The third-order valence-electron chi connectivity index (χ3n) is 3.37. The lowest BCUT2D eigenvalue weighted by Gasteiger charge is -2.13. The third kappa shape index (κ3) is 3.38. The van der Waals surface area contributed by atoms with E-state index in [0.717, 1.165) is 17.8 Å². The van der Waals surface area contributed by atoms with Crippen molar-refractivity contribution in [1.29, 1.82) is 0 Å². The lowest BCUT2D eigenvalue weighted by atomic mass is 10.00. The molecule has 106 valence electrons. The van der Waals surface area contributed by atoms with Gasteiger partial charge in [0.2, 0.25) is 5.91 Å². The molecule has 5 nitrogen and oxygen atoms in total. The number of amides is 1. The standard InChI is InChI=1S/C15H20N4O/c1-11(12-4-3-5-13(16)10-12)15(20)18-7-6-14-17-8-9-19(14)2/h3-5,8-11H,6-7,16H2,1-2H3,(H,18,20). The quantitative estimate of drug-likeness (QED) is 0.809. The minimum atomic E-state index is -0.208. The number of aryl methyl sites for hydroxylation is 1. The van der Waals surface area contributed by atoms with E-state index in [1.807, 2.05) is 49.0 Å². The summed E-state index contributed by atoms with van der Waals surface area (Å²) in [7, 11) is 1.94. The van der Waals surface area contributed by atoms with Gasteiger partial charge in [-0.25, -0.2) is 4.98 Å². The molecule has 1 aromatic heterocycles. The number of rotatable bonds is 5. The number of nitrogen functional groups attached to an aromatic ring is 1. The molecule has 1 unspecified atom stereocenters. The zero-order valence-corrected chi connectivity index (χ0v) is 11.8. The maximum Gasteiger partial charge on any atom is 0.227 e. The van der Waals surface area contributed by atoms with Gasteiger partial charge in [0.1, 0.15) is 5.82 Å². The Balaban J connectivity index is 1.87. The number of carbonyl (C=O) groups is 1. The molecule has 0 spiro atoms. The van der Waals surface area contributed by atoms with E-state index in [1.165, 1.54) is 0 Å². The van der Waals surface area contributed by atoms with Crippen molar-refractivity contribution >= 4 is 11.6 Å². The summed E-state index contributed by atoms with van der Waals surface area (Å²) in [5.74, 6) is 0.756. The number of carbonyl (C=O) groups excluding carboxylic acids is 1. The van der Waals surface area contributed by atoms with Crippen molar-refractivity contribution in [2.45, 2.75) is 19.3 Å². The van der Waals surface area contributed by atoms with Crippen LogP contribution in [0.5, 0.6) is 0 Å². The molecule has 0 aliphatic heterocycles. The Kier molecular flexibility index (Phi) is 4.40. The van der Waals surface area contributed by atoms with Gasteiger partial charge in [0.05, 0.1) is 5.92 Å². The fraction of sp³-hybridized carbons (Fsp3) is 0.333. The second kappa shape index (κ2) is 6.23. The smallest absolute Gasteiger partial charge is 0.227 e. The summed E-state index contributed by atoms with van der Waals surface area (Å²) in [5, 5.41) is 2.93. The summed E-state index contributed by atoms with van der Waals surface area (Å²) in [6.07, 6.45) is 4.37. The van der Waals surface area contributed by atoms with Gasteiger partial charge in [0, 0.05) is 38.1 Å². The molecule has 2 aromatic rings. The molecule has 5 heteroatoms. The van der Waals surface area contributed by atoms with Gasteiger partial charge in [-0.15, -0.1) is 0 Å². The molecule has 0 fully saturated rings. The van der Waals surface area contributed by atoms with E-state index in [-0.39, 0.29) is 11.8 Å². The molecule has 0 aliphatic rings. The topological polar surface area (TPSA) is 72.9 Å². The van der Waals surface area contributed by atoms with E-state index in [9.17, 15) is 4.79 Å². The van der Waals surface area contributed by atoms with Crippen molar-refractivity contribution in [3.05, 3.63) is 48.0 Å². The molecule has 2 rings (SSSR count). The van der Waals surface area contributed by atoms with E-state index in [1.54, 1.807) is 6.20 Å². The van der Waals surface area contributed by atoms with Gasteiger partial charge in [-0.1, -0.05) is 12.1 Å². The number of nitrogens with zero attached hydrogens (tertiary/aromatic N) is 2. The van der Waals surface area contributed by atoms with Crippen molar-refractivity contribution in [3.8, 4) is 0 Å². The fourth-order valence-corrected chi connectivity index (χ4v) is 2.07. The zero-order valence-electron chi connectivity index (χ0n) is 11.8.